The summed E-state index contributed by atoms with van der Waals surface area (Å²) in [6.07, 6.45) is 3.57. The molecule has 2 aliphatic heterocycles. The van der Waals surface area contributed by atoms with Gasteiger partial charge in [-0.2, -0.15) is 0 Å². The summed E-state index contributed by atoms with van der Waals surface area (Å²) in [7, 11) is 0. The molecule has 21 heavy (non-hydrogen) atoms. The van der Waals surface area contributed by atoms with Crippen molar-refractivity contribution < 1.29 is 9.21 Å². The van der Waals surface area contributed by atoms with Crippen molar-refractivity contribution in [1.29, 1.82) is 0 Å². The van der Waals surface area contributed by atoms with E-state index in [1.165, 1.54) is 5.56 Å². The van der Waals surface area contributed by atoms with Gasteiger partial charge in [-0.1, -0.05) is 25.1 Å². The SMILES string of the molecule is C[C@@]1(Cc2ccco2)CN2C(=O)c3ccccc3[C@]2(C)C1. The number of carbonyl (C=O) groups is 1. The average Bonchev–Trinajstić information content (AvgIpc) is 3.09. The van der Waals surface area contributed by atoms with Gasteiger partial charge in [-0.15, -0.1) is 0 Å². The van der Waals surface area contributed by atoms with E-state index in [0.717, 1.165) is 30.7 Å². The van der Waals surface area contributed by atoms with Crippen molar-refractivity contribution in [2.24, 2.45) is 5.41 Å². The van der Waals surface area contributed by atoms with Gasteiger partial charge in [0.25, 0.3) is 5.91 Å². The number of carbonyl (C=O) groups excluding carboxylic acids is 1. The molecule has 1 saturated heterocycles. The molecule has 3 nitrogen and oxygen atoms in total. The van der Waals surface area contributed by atoms with Crippen LogP contribution < -0.4 is 0 Å². The van der Waals surface area contributed by atoms with E-state index in [1.54, 1.807) is 6.26 Å². The van der Waals surface area contributed by atoms with Crippen LogP contribution in [0.2, 0.25) is 0 Å². The number of fused-ring (bicyclic) bond motifs is 3. The van der Waals surface area contributed by atoms with Gasteiger partial charge >= 0.3 is 0 Å². The fourth-order valence-electron chi connectivity index (χ4n) is 4.31. The summed E-state index contributed by atoms with van der Waals surface area (Å²) in [4.78, 5) is 14.7. The maximum atomic E-state index is 12.7. The molecule has 2 aliphatic rings. The van der Waals surface area contributed by atoms with Gasteiger partial charge in [0, 0.05) is 18.5 Å². The molecule has 1 fully saturated rings. The van der Waals surface area contributed by atoms with E-state index >= 15 is 0 Å². The van der Waals surface area contributed by atoms with Crippen LogP contribution in [-0.4, -0.2) is 17.4 Å². The summed E-state index contributed by atoms with van der Waals surface area (Å²) in [5.41, 5.74) is 1.95. The molecule has 108 valence electrons. The number of rotatable bonds is 2. The summed E-state index contributed by atoms with van der Waals surface area (Å²) in [6, 6.07) is 12.0. The van der Waals surface area contributed by atoms with E-state index in [2.05, 4.69) is 24.8 Å². The highest BCUT2D eigenvalue weighted by atomic mass is 16.3. The van der Waals surface area contributed by atoms with Gasteiger partial charge in [0.15, 0.2) is 0 Å². The first-order valence-corrected chi connectivity index (χ1v) is 7.46. The molecule has 0 unspecified atom stereocenters. The van der Waals surface area contributed by atoms with Crippen LogP contribution in [0.1, 0.15) is 41.9 Å². The largest absolute Gasteiger partial charge is 0.469 e. The number of furan rings is 1. The van der Waals surface area contributed by atoms with E-state index in [9.17, 15) is 4.79 Å². The highest BCUT2D eigenvalue weighted by Gasteiger charge is 2.56. The van der Waals surface area contributed by atoms with E-state index < -0.39 is 0 Å². The molecule has 1 aromatic carbocycles. The Morgan fingerprint density at radius 2 is 2.00 bits per heavy atom. The molecule has 0 bridgehead atoms. The summed E-state index contributed by atoms with van der Waals surface area (Å²) in [6.45, 7) is 5.25. The van der Waals surface area contributed by atoms with Crippen LogP contribution in [-0.2, 0) is 12.0 Å². The fraction of sp³-hybridized carbons (Fsp3) is 0.389. The molecule has 4 rings (SSSR count). The van der Waals surface area contributed by atoms with Crippen LogP contribution in [0.15, 0.2) is 47.1 Å². The Kier molecular flexibility index (Phi) is 2.42. The molecule has 3 heteroatoms. The number of hydrogen-bond acceptors (Lipinski definition) is 2. The molecule has 0 N–H and O–H groups in total. The van der Waals surface area contributed by atoms with Crippen molar-refractivity contribution in [2.75, 3.05) is 6.54 Å². The first-order valence-electron chi connectivity index (χ1n) is 7.46. The summed E-state index contributed by atoms with van der Waals surface area (Å²) in [5, 5.41) is 0. The van der Waals surface area contributed by atoms with Gasteiger partial charge in [-0.05, 0) is 42.5 Å². The van der Waals surface area contributed by atoms with Gasteiger partial charge in [0.2, 0.25) is 0 Å². The highest BCUT2D eigenvalue weighted by Crippen LogP contribution is 2.53. The number of nitrogens with zero attached hydrogens (tertiary/aromatic N) is 1. The quantitative estimate of drug-likeness (QED) is 0.842. The molecular weight excluding hydrogens is 262 g/mol. The number of hydrogen-bond donors (Lipinski definition) is 0. The molecule has 0 radical (unpaired) electrons. The van der Waals surface area contributed by atoms with Crippen LogP contribution in [0.5, 0.6) is 0 Å². The third-order valence-electron chi connectivity index (χ3n) is 5.07. The van der Waals surface area contributed by atoms with Crippen molar-refractivity contribution in [2.45, 2.75) is 32.2 Å². The third-order valence-corrected chi connectivity index (χ3v) is 5.07. The van der Waals surface area contributed by atoms with Gasteiger partial charge < -0.3 is 9.32 Å². The summed E-state index contributed by atoms with van der Waals surface area (Å²) < 4.78 is 5.51. The topological polar surface area (TPSA) is 33.5 Å². The van der Waals surface area contributed by atoms with E-state index in [4.69, 9.17) is 4.42 Å². The van der Waals surface area contributed by atoms with Gasteiger partial charge in [0.1, 0.15) is 5.76 Å². The smallest absolute Gasteiger partial charge is 0.254 e. The van der Waals surface area contributed by atoms with Crippen LogP contribution in [0.25, 0.3) is 0 Å². The molecule has 2 atom stereocenters. The zero-order chi connectivity index (χ0) is 14.7. The monoisotopic (exact) mass is 281 g/mol. The van der Waals surface area contributed by atoms with E-state index in [0.29, 0.717) is 0 Å². The Labute approximate surface area is 124 Å². The molecule has 3 heterocycles. The lowest BCUT2D eigenvalue weighted by molar-refractivity contribution is 0.0680. The Morgan fingerprint density at radius 1 is 1.19 bits per heavy atom. The van der Waals surface area contributed by atoms with Crippen LogP contribution >= 0.6 is 0 Å². The Morgan fingerprint density at radius 3 is 2.76 bits per heavy atom. The molecule has 1 amide bonds. The summed E-state index contributed by atoms with van der Waals surface area (Å²) in [5.74, 6) is 1.18. The van der Waals surface area contributed by atoms with E-state index in [-0.39, 0.29) is 16.9 Å². The molecule has 0 saturated carbocycles. The lowest BCUT2D eigenvalue weighted by Crippen LogP contribution is -2.35. The second kappa shape index (κ2) is 4.00. The lowest BCUT2D eigenvalue weighted by atomic mass is 9.77. The molecule has 0 aliphatic carbocycles. The average molecular weight is 281 g/mol. The molecular formula is C18H19NO2. The van der Waals surface area contributed by atoms with Crippen molar-refractivity contribution in [3.05, 3.63) is 59.5 Å². The fourth-order valence-corrected chi connectivity index (χ4v) is 4.31. The lowest BCUT2D eigenvalue weighted by Gasteiger charge is -2.28. The van der Waals surface area contributed by atoms with Crippen molar-refractivity contribution in [3.8, 4) is 0 Å². The minimum atomic E-state index is -0.172. The normalized spacial score (nSPS) is 30.6. The Bertz CT molecular complexity index is 706. The Hall–Kier alpha value is -2.03. The highest BCUT2D eigenvalue weighted by molar-refractivity contribution is 6.00. The first kappa shape index (κ1) is 12.7. The predicted octanol–water partition coefficient (Wildman–Crippen LogP) is 3.60. The summed E-state index contributed by atoms with van der Waals surface area (Å²) >= 11 is 0. The van der Waals surface area contributed by atoms with Crippen LogP contribution in [0.4, 0.5) is 0 Å². The second-order valence-corrected chi connectivity index (χ2v) is 6.95. The maximum absolute atomic E-state index is 12.7. The van der Waals surface area contributed by atoms with E-state index in [1.807, 2.05) is 30.3 Å². The van der Waals surface area contributed by atoms with Crippen molar-refractivity contribution in [3.63, 3.8) is 0 Å². The first-order chi connectivity index (χ1) is 10.0. The van der Waals surface area contributed by atoms with Crippen molar-refractivity contribution >= 4 is 5.91 Å². The maximum Gasteiger partial charge on any atom is 0.254 e. The molecule has 0 spiro atoms. The standard InChI is InChI=1S/C18H19NO2/c1-17(10-13-6-5-9-21-13)11-18(2)15-8-4-3-7-14(15)16(20)19(18)12-17/h3-9H,10-12H2,1-2H3/t17-,18-/m0/s1. The zero-order valence-corrected chi connectivity index (χ0v) is 12.4. The molecule has 2 aromatic rings. The van der Waals surface area contributed by atoms with Gasteiger partial charge in [-0.3, -0.25) is 4.79 Å². The minimum Gasteiger partial charge on any atom is -0.469 e. The zero-order valence-electron chi connectivity index (χ0n) is 12.4. The van der Waals surface area contributed by atoms with Crippen LogP contribution in [0, 0.1) is 5.41 Å². The third kappa shape index (κ3) is 1.70. The number of benzene rings is 1. The second-order valence-electron chi connectivity index (χ2n) is 6.95. The minimum absolute atomic E-state index is 0.0653. The number of amides is 1. The van der Waals surface area contributed by atoms with Crippen LogP contribution in [0.3, 0.4) is 0 Å². The van der Waals surface area contributed by atoms with Gasteiger partial charge in [-0.25, -0.2) is 0 Å². The van der Waals surface area contributed by atoms with Crippen molar-refractivity contribution in [1.82, 2.24) is 4.90 Å². The Balaban J connectivity index is 1.71. The van der Waals surface area contributed by atoms with Gasteiger partial charge in [0.05, 0.1) is 11.8 Å². The predicted molar refractivity (Wildman–Crippen MR) is 80.0 cm³/mol. The molecule has 1 aromatic heterocycles.